The van der Waals surface area contributed by atoms with Crippen LogP contribution in [-0.2, 0) is 12.8 Å². The van der Waals surface area contributed by atoms with E-state index in [2.05, 4.69) is 86.6 Å². The maximum absolute atomic E-state index is 2.45. The van der Waals surface area contributed by atoms with E-state index < -0.39 is 0 Å². The molecule has 0 spiro atoms. The first kappa shape index (κ1) is 27.2. The second-order valence-corrected chi connectivity index (χ2v) is 17.6. The lowest BCUT2D eigenvalue weighted by Crippen LogP contribution is -1.76. The fourth-order valence-corrected chi connectivity index (χ4v) is 12.4. The fourth-order valence-electron chi connectivity index (χ4n) is 5.76. The van der Waals surface area contributed by atoms with Crippen molar-refractivity contribution in [1.82, 2.24) is 0 Å². The first-order valence-corrected chi connectivity index (χ1v) is 19.7. The molecule has 0 saturated carbocycles. The molecular weight excluding hydrogens is 625 g/mol. The average Bonchev–Trinajstić information content (AvgIpc) is 3.84. The highest BCUT2D eigenvalue weighted by molar-refractivity contribution is 7.30. The Bertz CT molecular complexity index is 2030. The zero-order valence-corrected chi connectivity index (χ0v) is 28.5. The van der Waals surface area contributed by atoms with E-state index in [0.717, 1.165) is 0 Å². The van der Waals surface area contributed by atoms with Gasteiger partial charge in [0.2, 0.25) is 0 Å². The molecule has 0 radical (unpaired) electrons. The van der Waals surface area contributed by atoms with Gasteiger partial charge in [-0.15, -0.1) is 68.0 Å². The van der Waals surface area contributed by atoms with Crippen molar-refractivity contribution in [3.05, 3.63) is 82.6 Å². The Morgan fingerprint density at radius 2 is 0.738 bits per heavy atom. The predicted octanol–water partition coefficient (Wildman–Crippen LogP) is 14.4. The monoisotopic (exact) mass is 654 g/mol. The van der Waals surface area contributed by atoms with E-state index in [1.807, 2.05) is 68.0 Å². The molecule has 0 N–H and O–H groups in total. The summed E-state index contributed by atoms with van der Waals surface area (Å²) >= 11 is 11.7. The number of fused-ring (bicyclic) bond motifs is 6. The van der Waals surface area contributed by atoms with Gasteiger partial charge >= 0.3 is 0 Å². The Morgan fingerprint density at radius 1 is 0.381 bits per heavy atom. The van der Waals surface area contributed by atoms with Crippen LogP contribution in [0.3, 0.4) is 0 Å². The summed E-state index contributed by atoms with van der Waals surface area (Å²) in [5, 5.41) is 5.71. The van der Waals surface area contributed by atoms with Gasteiger partial charge in [0.05, 0.1) is 0 Å². The number of rotatable bonds is 9. The number of hydrogen-bond donors (Lipinski definition) is 0. The van der Waals surface area contributed by atoms with E-state index in [-0.39, 0.29) is 0 Å². The summed E-state index contributed by atoms with van der Waals surface area (Å²) in [5.74, 6) is 0. The lowest BCUT2D eigenvalue weighted by Gasteiger charge is -1.92. The van der Waals surface area contributed by atoms with Crippen LogP contribution in [0.15, 0.2) is 72.8 Å². The van der Waals surface area contributed by atoms with Crippen LogP contribution in [-0.4, -0.2) is 0 Å². The normalized spacial score (nSPS) is 12.1. The molecule has 0 nitrogen and oxygen atoms in total. The largest absolute Gasteiger partial charge is 0.140 e. The van der Waals surface area contributed by atoms with Gasteiger partial charge in [-0.1, -0.05) is 26.7 Å². The Morgan fingerprint density at radius 3 is 1.14 bits per heavy atom. The van der Waals surface area contributed by atoms with Gasteiger partial charge in [0.1, 0.15) is 0 Å². The van der Waals surface area contributed by atoms with Gasteiger partial charge in [-0.2, -0.15) is 0 Å². The van der Waals surface area contributed by atoms with Crippen LogP contribution in [0, 0.1) is 0 Å². The third-order valence-electron chi connectivity index (χ3n) is 7.99. The molecule has 8 rings (SSSR count). The molecule has 0 aliphatic rings. The molecule has 0 amide bonds. The van der Waals surface area contributed by atoms with Gasteiger partial charge in [-0.25, -0.2) is 0 Å². The smallest absolute Gasteiger partial charge is 0.0455 e. The minimum absolute atomic E-state index is 1.20. The second-order valence-electron chi connectivity index (χ2n) is 11.0. The molecule has 0 fully saturated rings. The molecule has 0 bridgehead atoms. The maximum atomic E-state index is 2.45. The van der Waals surface area contributed by atoms with E-state index in [1.165, 1.54) is 118 Å². The van der Waals surface area contributed by atoms with Crippen LogP contribution in [0.4, 0.5) is 0 Å². The highest BCUT2D eigenvalue weighted by Crippen LogP contribution is 2.47. The first-order chi connectivity index (χ1) is 20.7. The second kappa shape index (κ2) is 11.3. The molecule has 0 saturated heterocycles. The Kier molecular flexibility index (Phi) is 7.34. The summed E-state index contributed by atoms with van der Waals surface area (Å²) in [5.41, 5.74) is 0. The van der Waals surface area contributed by atoms with Crippen molar-refractivity contribution in [2.75, 3.05) is 0 Å². The Balaban J connectivity index is 1.08. The van der Waals surface area contributed by atoms with E-state index in [4.69, 9.17) is 0 Å². The van der Waals surface area contributed by atoms with E-state index in [9.17, 15) is 0 Å². The van der Waals surface area contributed by atoms with Gasteiger partial charge in [0.25, 0.3) is 0 Å². The van der Waals surface area contributed by atoms with Crippen molar-refractivity contribution in [3.63, 3.8) is 0 Å². The van der Waals surface area contributed by atoms with E-state index >= 15 is 0 Å². The molecular formula is C36H30S6. The van der Waals surface area contributed by atoms with Crippen LogP contribution in [0.2, 0.25) is 0 Å². The third kappa shape index (κ3) is 4.90. The molecule has 8 aromatic rings. The van der Waals surface area contributed by atoms with Gasteiger partial charge in [0.15, 0.2) is 0 Å². The van der Waals surface area contributed by atoms with E-state index in [0.29, 0.717) is 0 Å². The molecule has 0 aliphatic carbocycles. The highest BCUT2D eigenvalue weighted by Gasteiger charge is 2.15. The quantitative estimate of drug-likeness (QED) is 0.145. The van der Waals surface area contributed by atoms with Crippen LogP contribution in [0.5, 0.6) is 0 Å². The minimum atomic E-state index is 1.20. The number of unbranched alkanes of at least 4 members (excludes halogenated alkanes) is 2. The molecule has 6 aromatic heterocycles. The Labute approximate surface area is 270 Å². The van der Waals surface area contributed by atoms with Crippen molar-refractivity contribution in [2.24, 2.45) is 0 Å². The van der Waals surface area contributed by atoms with Crippen molar-refractivity contribution >= 4 is 108 Å². The zero-order valence-electron chi connectivity index (χ0n) is 23.6. The molecule has 0 atom stereocenters. The lowest BCUT2D eigenvalue weighted by molar-refractivity contribution is 0.804. The maximum Gasteiger partial charge on any atom is 0.0455 e. The number of thiophene rings is 6. The molecule has 0 aliphatic heterocycles. The van der Waals surface area contributed by atoms with Crippen molar-refractivity contribution in [2.45, 2.75) is 52.4 Å². The van der Waals surface area contributed by atoms with Crippen LogP contribution >= 0.6 is 68.0 Å². The summed E-state index contributed by atoms with van der Waals surface area (Å²) in [4.78, 5) is 11.3. The lowest BCUT2D eigenvalue weighted by atomic mass is 10.1. The summed E-state index contributed by atoms with van der Waals surface area (Å²) in [6.07, 6.45) is 7.45. The molecule has 210 valence electrons. The number of benzene rings is 2. The SMILES string of the molecule is CCCCc1cc2c(ccc3sc(-c4ccc(-c5ccc(-c6cc7c(ccc8sc(CCCC)cc87)s6)s5)s4)cc32)s1. The van der Waals surface area contributed by atoms with Crippen molar-refractivity contribution in [1.29, 1.82) is 0 Å². The predicted molar refractivity (Wildman–Crippen MR) is 197 cm³/mol. The zero-order chi connectivity index (χ0) is 28.2. The van der Waals surface area contributed by atoms with Gasteiger partial charge in [-0.3, -0.25) is 0 Å². The molecule has 6 heteroatoms. The average molecular weight is 655 g/mol. The molecule has 0 unspecified atom stereocenters. The summed E-state index contributed by atoms with van der Waals surface area (Å²) in [7, 11) is 0. The van der Waals surface area contributed by atoms with Crippen LogP contribution in [0.1, 0.15) is 49.3 Å². The summed E-state index contributed by atoms with van der Waals surface area (Å²) in [6.45, 7) is 4.55. The molecule has 2 aromatic carbocycles. The number of hydrogen-bond acceptors (Lipinski definition) is 6. The topological polar surface area (TPSA) is 0 Å². The van der Waals surface area contributed by atoms with Crippen molar-refractivity contribution < 1.29 is 0 Å². The van der Waals surface area contributed by atoms with Crippen LogP contribution < -0.4 is 0 Å². The summed E-state index contributed by atoms with van der Waals surface area (Å²) in [6, 6.07) is 28.4. The van der Waals surface area contributed by atoms with Crippen LogP contribution in [0.25, 0.3) is 69.6 Å². The minimum Gasteiger partial charge on any atom is -0.140 e. The molecule has 42 heavy (non-hydrogen) atoms. The molecule has 6 heterocycles. The fraction of sp³-hybridized carbons (Fsp3) is 0.222. The van der Waals surface area contributed by atoms with Gasteiger partial charge in [0, 0.05) is 79.4 Å². The first-order valence-electron chi connectivity index (χ1n) is 14.8. The van der Waals surface area contributed by atoms with Crippen molar-refractivity contribution in [3.8, 4) is 29.3 Å². The third-order valence-corrected chi connectivity index (χ3v) is 15.3. The summed E-state index contributed by atoms with van der Waals surface area (Å²) < 4.78 is 5.64. The van der Waals surface area contributed by atoms with Gasteiger partial charge in [-0.05, 0) is 98.5 Å². The van der Waals surface area contributed by atoms with E-state index in [1.54, 1.807) is 0 Å². The Hall–Kier alpha value is -2.32. The highest BCUT2D eigenvalue weighted by atomic mass is 32.1. The number of aryl methyl sites for hydroxylation is 2. The standard InChI is InChI=1S/C36H30S6/c1-3-5-7-21-17-23-25-19-35(39-29(25)11-9-27(23)37-21)33-15-13-31(41-33)32-14-16-34(42-32)36-20-26-24-18-22(8-6-4-2)38-28(24)10-12-30(26)40-36/h9-20H,3-8H2,1-2H3. The van der Waals surface area contributed by atoms with Gasteiger partial charge < -0.3 is 0 Å².